The summed E-state index contributed by atoms with van der Waals surface area (Å²) in [5.74, 6) is 0.616. The molecule has 0 N–H and O–H groups in total. The van der Waals surface area contributed by atoms with E-state index in [1.807, 2.05) is 48.9 Å². The number of ether oxygens (including phenoxy) is 2. The lowest BCUT2D eigenvalue weighted by Gasteiger charge is -2.11. The van der Waals surface area contributed by atoms with E-state index in [1.54, 1.807) is 6.92 Å². The van der Waals surface area contributed by atoms with Gasteiger partial charge >= 0.3 is 5.97 Å². The molecular weight excluding hydrogens is 242 g/mol. The number of esters is 1. The zero-order valence-corrected chi connectivity index (χ0v) is 11.6. The molecule has 1 aromatic heterocycles. The molecule has 1 aromatic carbocycles. The number of carbonyl (C=O) groups excluding carboxylic acids is 1. The van der Waals surface area contributed by atoms with Crippen LogP contribution in [0.1, 0.15) is 20.8 Å². The number of benzene rings is 1. The van der Waals surface area contributed by atoms with Crippen molar-refractivity contribution < 1.29 is 14.3 Å². The zero-order valence-electron chi connectivity index (χ0n) is 11.6. The van der Waals surface area contributed by atoms with Crippen LogP contribution in [0, 0.1) is 0 Å². The third kappa shape index (κ3) is 3.08. The minimum atomic E-state index is -0.227. The van der Waals surface area contributed by atoms with Gasteiger partial charge < -0.3 is 14.0 Å². The first-order chi connectivity index (χ1) is 9.11. The summed E-state index contributed by atoms with van der Waals surface area (Å²) in [6.45, 7) is 6.42. The predicted octanol–water partition coefficient (Wildman–Crippen LogP) is 2.99. The molecule has 19 heavy (non-hydrogen) atoms. The molecule has 0 bridgehead atoms. The zero-order chi connectivity index (χ0) is 13.8. The van der Waals surface area contributed by atoms with Gasteiger partial charge in [0, 0.05) is 11.6 Å². The Morgan fingerprint density at radius 1 is 1.32 bits per heavy atom. The second kappa shape index (κ2) is 5.78. The fraction of sp³-hybridized carbons (Fsp3) is 0.400. The average molecular weight is 261 g/mol. The SMILES string of the molecule is CCOC(=O)Cn1ccc2c(OC(C)C)cccc21. The number of rotatable bonds is 5. The summed E-state index contributed by atoms with van der Waals surface area (Å²) >= 11 is 0. The summed E-state index contributed by atoms with van der Waals surface area (Å²) in [7, 11) is 0. The van der Waals surface area contributed by atoms with Gasteiger partial charge in [0.2, 0.25) is 0 Å². The van der Waals surface area contributed by atoms with Crippen molar-refractivity contribution >= 4 is 16.9 Å². The van der Waals surface area contributed by atoms with Gasteiger partial charge in [0.05, 0.1) is 18.2 Å². The van der Waals surface area contributed by atoms with Crippen molar-refractivity contribution in [2.24, 2.45) is 0 Å². The van der Waals surface area contributed by atoms with Gasteiger partial charge in [-0.2, -0.15) is 0 Å². The number of hydrogen-bond acceptors (Lipinski definition) is 3. The van der Waals surface area contributed by atoms with Crippen molar-refractivity contribution in [3.8, 4) is 5.75 Å². The van der Waals surface area contributed by atoms with E-state index < -0.39 is 0 Å². The molecule has 0 atom stereocenters. The molecule has 0 radical (unpaired) electrons. The quantitative estimate of drug-likeness (QED) is 0.777. The summed E-state index contributed by atoms with van der Waals surface area (Å²) in [4.78, 5) is 11.5. The highest BCUT2D eigenvalue weighted by molar-refractivity contribution is 5.87. The molecule has 0 fully saturated rings. The lowest BCUT2D eigenvalue weighted by molar-refractivity contribution is -0.143. The highest BCUT2D eigenvalue weighted by Crippen LogP contribution is 2.27. The molecule has 4 nitrogen and oxygen atoms in total. The maximum Gasteiger partial charge on any atom is 0.325 e. The summed E-state index contributed by atoms with van der Waals surface area (Å²) in [6.07, 6.45) is 2.01. The number of hydrogen-bond donors (Lipinski definition) is 0. The van der Waals surface area contributed by atoms with Crippen molar-refractivity contribution in [2.45, 2.75) is 33.4 Å². The second-order valence-corrected chi connectivity index (χ2v) is 4.60. The normalized spacial score (nSPS) is 10.9. The molecule has 0 aliphatic heterocycles. The van der Waals surface area contributed by atoms with Gasteiger partial charge in [0.25, 0.3) is 0 Å². The van der Waals surface area contributed by atoms with Gasteiger partial charge in [-0.25, -0.2) is 0 Å². The second-order valence-electron chi connectivity index (χ2n) is 4.60. The standard InChI is InChI=1S/C15H19NO3/c1-4-18-15(17)10-16-9-8-12-13(16)6-5-7-14(12)19-11(2)3/h5-9,11H,4,10H2,1-3H3. The van der Waals surface area contributed by atoms with Gasteiger partial charge in [-0.05, 0) is 39.0 Å². The fourth-order valence-corrected chi connectivity index (χ4v) is 2.04. The van der Waals surface area contributed by atoms with E-state index in [0.717, 1.165) is 16.7 Å². The van der Waals surface area contributed by atoms with Crippen molar-refractivity contribution in [1.29, 1.82) is 0 Å². The van der Waals surface area contributed by atoms with Gasteiger partial charge in [0.1, 0.15) is 12.3 Å². The Morgan fingerprint density at radius 2 is 2.11 bits per heavy atom. The molecule has 1 heterocycles. The summed E-state index contributed by atoms with van der Waals surface area (Å²) in [6, 6.07) is 7.81. The third-order valence-electron chi connectivity index (χ3n) is 2.74. The lowest BCUT2D eigenvalue weighted by Crippen LogP contribution is -2.12. The highest BCUT2D eigenvalue weighted by Gasteiger charge is 2.10. The van der Waals surface area contributed by atoms with Crippen LogP contribution < -0.4 is 4.74 Å². The van der Waals surface area contributed by atoms with Gasteiger partial charge in [0.15, 0.2) is 0 Å². The molecular formula is C15H19NO3. The Morgan fingerprint density at radius 3 is 2.79 bits per heavy atom. The third-order valence-corrected chi connectivity index (χ3v) is 2.74. The predicted molar refractivity (Wildman–Crippen MR) is 74.3 cm³/mol. The molecule has 0 amide bonds. The van der Waals surface area contributed by atoms with E-state index in [1.165, 1.54) is 0 Å². The monoisotopic (exact) mass is 261 g/mol. The van der Waals surface area contributed by atoms with Crippen molar-refractivity contribution in [3.63, 3.8) is 0 Å². The van der Waals surface area contributed by atoms with E-state index in [0.29, 0.717) is 6.61 Å². The number of aromatic nitrogens is 1. The van der Waals surface area contributed by atoms with Crippen LogP contribution in [0.25, 0.3) is 10.9 Å². The first kappa shape index (κ1) is 13.5. The molecule has 2 rings (SSSR count). The fourth-order valence-electron chi connectivity index (χ4n) is 2.04. The molecule has 0 aliphatic rings. The van der Waals surface area contributed by atoms with E-state index in [9.17, 15) is 4.79 Å². The van der Waals surface area contributed by atoms with Crippen molar-refractivity contribution in [2.75, 3.05) is 6.61 Å². The van der Waals surface area contributed by atoms with Crippen molar-refractivity contribution in [1.82, 2.24) is 4.57 Å². The van der Waals surface area contributed by atoms with Crippen LogP contribution >= 0.6 is 0 Å². The molecule has 4 heteroatoms. The van der Waals surface area contributed by atoms with Crippen LogP contribution in [0.4, 0.5) is 0 Å². The smallest absolute Gasteiger partial charge is 0.325 e. The van der Waals surface area contributed by atoms with E-state index in [-0.39, 0.29) is 18.6 Å². The molecule has 0 aliphatic carbocycles. The van der Waals surface area contributed by atoms with Crippen LogP contribution in [-0.2, 0) is 16.1 Å². The maximum atomic E-state index is 11.5. The van der Waals surface area contributed by atoms with E-state index in [4.69, 9.17) is 9.47 Å². The van der Waals surface area contributed by atoms with Crippen LogP contribution in [0.5, 0.6) is 5.75 Å². The average Bonchev–Trinajstić information content (AvgIpc) is 2.73. The first-order valence-corrected chi connectivity index (χ1v) is 6.52. The Hall–Kier alpha value is -1.97. The Balaban J connectivity index is 2.30. The molecule has 0 saturated carbocycles. The maximum absolute atomic E-state index is 11.5. The van der Waals surface area contributed by atoms with E-state index >= 15 is 0 Å². The number of carbonyl (C=O) groups is 1. The molecule has 0 unspecified atom stereocenters. The summed E-state index contributed by atoms with van der Waals surface area (Å²) in [5, 5.41) is 1.01. The topological polar surface area (TPSA) is 40.5 Å². The summed E-state index contributed by atoms with van der Waals surface area (Å²) < 4.78 is 12.6. The van der Waals surface area contributed by atoms with Gasteiger partial charge in [-0.15, -0.1) is 0 Å². The van der Waals surface area contributed by atoms with Crippen LogP contribution in [0.2, 0.25) is 0 Å². The van der Waals surface area contributed by atoms with Crippen LogP contribution in [-0.4, -0.2) is 23.2 Å². The van der Waals surface area contributed by atoms with Gasteiger partial charge in [-0.1, -0.05) is 6.07 Å². The lowest BCUT2D eigenvalue weighted by atomic mass is 10.2. The minimum absolute atomic E-state index is 0.124. The van der Waals surface area contributed by atoms with Crippen LogP contribution in [0.3, 0.4) is 0 Å². The Kier molecular flexibility index (Phi) is 4.10. The molecule has 2 aromatic rings. The summed E-state index contributed by atoms with van der Waals surface area (Å²) in [5.41, 5.74) is 0.978. The first-order valence-electron chi connectivity index (χ1n) is 6.52. The number of fused-ring (bicyclic) bond motifs is 1. The van der Waals surface area contributed by atoms with Gasteiger partial charge in [-0.3, -0.25) is 4.79 Å². The molecule has 0 spiro atoms. The Bertz CT molecular complexity index is 572. The van der Waals surface area contributed by atoms with Crippen molar-refractivity contribution in [3.05, 3.63) is 30.5 Å². The molecule has 102 valence electrons. The number of nitrogens with zero attached hydrogens (tertiary/aromatic N) is 1. The largest absolute Gasteiger partial charge is 0.490 e. The molecule has 0 saturated heterocycles. The van der Waals surface area contributed by atoms with E-state index in [2.05, 4.69) is 0 Å². The van der Waals surface area contributed by atoms with Crippen LogP contribution in [0.15, 0.2) is 30.5 Å². The Labute approximate surface area is 112 Å². The minimum Gasteiger partial charge on any atom is -0.490 e. The highest BCUT2D eigenvalue weighted by atomic mass is 16.5.